The first kappa shape index (κ1) is 16.1. The molecule has 0 aliphatic carbocycles. The Morgan fingerprint density at radius 3 is 2.29 bits per heavy atom. The summed E-state index contributed by atoms with van der Waals surface area (Å²) in [5.41, 5.74) is 4.72. The highest BCUT2D eigenvalue weighted by molar-refractivity contribution is 9.10. The van der Waals surface area contributed by atoms with Crippen molar-refractivity contribution >= 4 is 15.9 Å². The number of nitrogens with zero attached hydrogens (tertiary/aromatic N) is 2. The van der Waals surface area contributed by atoms with Gasteiger partial charge < -0.3 is 5.32 Å². The first-order chi connectivity index (χ1) is 10.2. The van der Waals surface area contributed by atoms with Gasteiger partial charge in [-0.25, -0.2) is 9.97 Å². The lowest BCUT2D eigenvalue weighted by Gasteiger charge is -2.14. The van der Waals surface area contributed by atoms with Crippen LogP contribution in [0.5, 0.6) is 0 Å². The van der Waals surface area contributed by atoms with E-state index in [4.69, 9.17) is 9.97 Å². The number of halogens is 1. The second-order valence-electron chi connectivity index (χ2n) is 4.99. The molecule has 2 aromatic rings. The Morgan fingerprint density at radius 2 is 1.76 bits per heavy atom. The number of benzene rings is 1. The highest BCUT2D eigenvalue weighted by Crippen LogP contribution is 2.23. The van der Waals surface area contributed by atoms with Crippen molar-refractivity contribution in [3.8, 4) is 11.4 Å². The van der Waals surface area contributed by atoms with E-state index < -0.39 is 0 Å². The molecule has 0 spiro atoms. The van der Waals surface area contributed by atoms with Crippen LogP contribution in [0.3, 0.4) is 0 Å². The normalized spacial score (nSPS) is 10.9. The van der Waals surface area contributed by atoms with Gasteiger partial charge in [-0.3, -0.25) is 0 Å². The SMILES string of the molecule is CCc1nc(-c2cccc(Br)c2)nc(CC)c1CCNC. The van der Waals surface area contributed by atoms with E-state index in [1.807, 2.05) is 19.2 Å². The van der Waals surface area contributed by atoms with Crippen LogP contribution in [0.2, 0.25) is 0 Å². The van der Waals surface area contributed by atoms with Gasteiger partial charge in [0.1, 0.15) is 0 Å². The molecule has 0 saturated carbocycles. The molecule has 0 aliphatic heterocycles. The third kappa shape index (κ3) is 3.89. The molecule has 1 N–H and O–H groups in total. The fraction of sp³-hybridized carbons (Fsp3) is 0.412. The monoisotopic (exact) mass is 347 g/mol. The lowest BCUT2D eigenvalue weighted by atomic mass is 10.0. The lowest BCUT2D eigenvalue weighted by Crippen LogP contribution is -2.15. The molecule has 3 nitrogen and oxygen atoms in total. The fourth-order valence-electron chi connectivity index (χ4n) is 2.46. The Balaban J connectivity index is 2.49. The van der Waals surface area contributed by atoms with Crippen LogP contribution in [0.1, 0.15) is 30.8 Å². The minimum atomic E-state index is 0.832. The third-order valence-electron chi connectivity index (χ3n) is 3.56. The van der Waals surface area contributed by atoms with Gasteiger partial charge in [-0.2, -0.15) is 0 Å². The second kappa shape index (κ2) is 7.66. The highest BCUT2D eigenvalue weighted by Gasteiger charge is 2.13. The molecule has 0 unspecified atom stereocenters. The summed E-state index contributed by atoms with van der Waals surface area (Å²) in [6, 6.07) is 8.18. The molecule has 21 heavy (non-hydrogen) atoms. The molecular formula is C17H22BrN3. The highest BCUT2D eigenvalue weighted by atomic mass is 79.9. The minimum Gasteiger partial charge on any atom is -0.319 e. The Kier molecular flexibility index (Phi) is 5.88. The maximum absolute atomic E-state index is 4.80. The van der Waals surface area contributed by atoms with Crippen LogP contribution in [-0.2, 0) is 19.3 Å². The first-order valence-electron chi connectivity index (χ1n) is 7.48. The lowest BCUT2D eigenvalue weighted by molar-refractivity contribution is 0.760. The van der Waals surface area contributed by atoms with E-state index in [0.717, 1.165) is 41.7 Å². The standard InChI is InChI=1S/C17H22BrN3/c1-4-15-14(9-10-19-3)16(5-2)21-17(20-15)12-7-6-8-13(18)11-12/h6-8,11,19H,4-5,9-10H2,1-3H3. The van der Waals surface area contributed by atoms with E-state index in [2.05, 4.69) is 47.2 Å². The Morgan fingerprint density at radius 1 is 1.10 bits per heavy atom. The van der Waals surface area contributed by atoms with Gasteiger partial charge in [-0.1, -0.05) is 41.9 Å². The molecule has 0 atom stereocenters. The molecule has 0 radical (unpaired) electrons. The van der Waals surface area contributed by atoms with Crippen molar-refractivity contribution in [3.05, 3.63) is 45.7 Å². The zero-order valence-corrected chi connectivity index (χ0v) is 14.5. The zero-order chi connectivity index (χ0) is 15.2. The van der Waals surface area contributed by atoms with Gasteiger partial charge in [0.15, 0.2) is 5.82 Å². The van der Waals surface area contributed by atoms with Crippen molar-refractivity contribution in [2.24, 2.45) is 0 Å². The molecule has 0 bridgehead atoms. The summed E-state index contributed by atoms with van der Waals surface area (Å²) in [5.74, 6) is 0.832. The van der Waals surface area contributed by atoms with Crippen LogP contribution in [0.25, 0.3) is 11.4 Å². The summed E-state index contributed by atoms with van der Waals surface area (Å²) in [4.78, 5) is 9.61. The van der Waals surface area contributed by atoms with E-state index in [1.165, 1.54) is 17.0 Å². The molecule has 4 heteroatoms. The Hall–Kier alpha value is -1.26. The average Bonchev–Trinajstić information content (AvgIpc) is 2.52. The molecule has 0 amide bonds. The van der Waals surface area contributed by atoms with Crippen LogP contribution in [0, 0.1) is 0 Å². The van der Waals surface area contributed by atoms with E-state index >= 15 is 0 Å². The summed E-state index contributed by atoms with van der Waals surface area (Å²) < 4.78 is 1.05. The molecule has 0 fully saturated rings. The Labute approximate surface area is 135 Å². The predicted octanol–water partition coefficient (Wildman–Crippen LogP) is 3.79. The molecule has 1 heterocycles. The minimum absolute atomic E-state index is 0.832. The van der Waals surface area contributed by atoms with E-state index in [0.29, 0.717) is 0 Å². The number of aryl methyl sites for hydroxylation is 2. The topological polar surface area (TPSA) is 37.8 Å². The van der Waals surface area contributed by atoms with E-state index in [1.54, 1.807) is 0 Å². The number of hydrogen-bond acceptors (Lipinski definition) is 3. The maximum atomic E-state index is 4.80. The van der Waals surface area contributed by atoms with Crippen molar-refractivity contribution in [3.63, 3.8) is 0 Å². The van der Waals surface area contributed by atoms with Gasteiger partial charge >= 0.3 is 0 Å². The fourth-order valence-corrected chi connectivity index (χ4v) is 2.86. The summed E-state index contributed by atoms with van der Waals surface area (Å²) >= 11 is 3.52. The smallest absolute Gasteiger partial charge is 0.159 e. The van der Waals surface area contributed by atoms with Gasteiger partial charge in [0.2, 0.25) is 0 Å². The van der Waals surface area contributed by atoms with Crippen LogP contribution < -0.4 is 5.32 Å². The maximum Gasteiger partial charge on any atom is 0.159 e. The van der Waals surface area contributed by atoms with Crippen molar-refractivity contribution < 1.29 is 0 Å². The predicted molar refractivity (Wildman–Crippen MR) is 91.6 cm³/mol. The number of aromatic nitrogens is 2. The number of nitrogens with one attached hydrogen (secondary N) is 1. The summed E-state index contributed by atoms with van der Waals surface area (Å²) in [5, 5.41) is 3.21. The van der Waals surface area contributed by atoms with Gasteiger partial charge in [0, 0.05) is 21.4 Å². The van der Waals surface area contributed by atoms with Crippen molar-refractivity contribution in [1.29, 1.82) is 0 Å². The van der Waals surface area contributed by atoms with Crippen LogP contribution in [-0.4, -0.2) is 23.6 Å². The molecule has 1 aromatic heterocycles. The quantitative estimate of drug-likeness (QED) is 0.863. The van der Waals surface area contributed by atoms with Gasteiger partial charge in [0.25, 0.3) is 0 Å². The van der Waals surface area contributed by atoms with Crippen molar-refractivity contribution in [2.45, 2.75) is 33.1 Å². The number of hydrogen-bond donors (Lipinski definition) is 1. The summed E-state index contributed by atoms with van der Waals surface area (Å²) in [7, 11) is 1.98. The molecule has 2 rings (SSSR count). The van der Waals surface area contributed by atoms with Crippen LogP contribution in [0.15, 0.2) is 28.7 Å². The van der Waals surface area contributed by atoms with Gasteiger partial charge in [-0.15, -0.1) is 0 Å². The van der Waals surface area contributed by atoms with Gasteiger partial charge in [-0.05, 0) is 50.6 Å². The van der Waals surface area contributed by atoms with Crippen LogP contribution in [0.4, 0.5) is 0 Å². The largest absolute Gasteiger partial charge is 0.319 e. The average molecular weight is 348 g/mol. The zero-order valence-electron chi connectivity index (χ0n) is 12.9. The Bertz CT molecular complexity index is 586. The third-order valence-corrected chi connectivity index (χ3v) is 4.05. The van der Waals surface area contributed by atoms with E-state index in [9.17, 15) is 0 Å². The van der Waals surface area contributed by atoms with Crippen molar-refractivity contribution in [1.82, 2.24) is 15.3 Å². The number of likely N-dealkylation sites (N-methyl/N-ethyl adjacent to an activating group) is 1. The molecule has 0 saturated heterocycles. The molecular weight excluding hydrogens is 326 g/mol. The molecule has 0 aliphatic rings. The number of rotatable bonds is 6. The molecule has 1 aromatic carbocycles. The van der Waals surface area contributed by atoms with E-state index in [-0.39, 0.29) is 0 Å². The van der Waals surface area contributed by atoms with Crippen LogP contribution >= 0.6 is 15.9 Å². The summed E-state index contributed by atoms with van der Waals surface area (Å²) in [6.45, 7) is 5.28. The van der Waals surface area contributed by atoms with Gasteiger partial charge in [0.05, 0.1) is 0 Å². The second-order valence-corrected chi connectivity index (χ2v) is 5.91. The summed E-state index contributed by atoms with van der Waals surface area (Å²) in [6.07, 6.45) is 2.87. The first-order valence-corrected chi connectivity index (χ1v) is 8.28. The molecule has 112 valence electrons. The van der Waals surface area contributed by atoms with Crippen molar-refractivity contribution in [2.75, 3.05) is 13.6 Å².